The first-order chi connectivity index (χ1) is 12.5. The summed E-state index contributed by atoms with van der Waals surface area (Å²) >= 11 is 9.80. The smallest absolute Gasteiger partial charge is 0.343 e. The maximum Gasteiger partial charge on any atom is 0.343 e. The molecule has 0 amide bonds. The van der Waals surface area contributed by atoms with Crippen LogP contribution in [0.1, 0.15) is 16.8 Å². The minimum absolute atomic E-state index is 0.176. The number of halogens is 2. The number of rotatable bonds is 4. The van der Waals surface area contributed by atoms with Crippen molar-refractivity contribution in [3.63, 3.8) is 0 Å². The number of benzene rings is 2. The Kier molecular flexibility index (Phi) is 4.51. The van der Waals surface area contributed by atoms with Gasteiger partial charge in [-0.3, -0.25) is 0 Å². The average molecular weight is 433 g/mol. The van der Waals surface area contributed by atoms with Crippen molar-refractivity contribution in [3.8, 4) is 5.75 Å². The Hall–Kier alpha value is -2.24. The molecule has 3 aromatic rings. The number of H-pyrrole nitrogens is 1. The third-order valence-corrected chi connectivity index (χ3v) is 5.20. The summed E-state index contributed by atoms with van der Waals surface area (Å²) in [4.78, 5) is 14.7. The topological polar surface area (TPSA) is 51.3 Å². The van der Waals surface area contributed by atoms with Crippen LogP contribution in [-0.4, -0.2) is 24.7 Å². The summed E-state index contributed by atoms with van der Waals surface area (Å²) in [6, 6.07) is 12.0. The van der Waals surface area contributed by atoms with Crippen molar-refractivity contribution in [3.05, 3.63) is 62.7 Å². The van der Waals surface area contributed by atoms with Crippen LogP contribution in [0.5, 0.6) is 5.75 Å². The first-order valence-electron chi connectivity index (χ1n) is 8.05. The van der Waals surface area contributed by atoms with Crippen molar-refractivity contribution in [1.82, 2.24) is 4.98 Å². The van der Waals surface area contributed by atoms with E-state index in [1.807, 2.05) is 18.2 Å². The minimum Gasteiger partial charge on any atom is -0.480 e. The van der Waals surface area contributed by atoms with E-state index in [-0.39, 0.29) is 6.61 Å². The molecule has 132 valence electrons. The van der Waals surface area contributed by atoms with Crippen molar-refractivity contribution in [2.24, 2.45) is 0 Å². The van der Waals surface area contributed by atoms with Gasteiger partial charge in [-0.2, -0.15) is 0 Å². The predicted molar refractivity (Wildman–Crippen MR) is 107 cm³/mol. The van der Waals surface area contributed by atoms with Gasteiger partial charge in [0.1, 0.15) is 5.75 Å². The second-order valence-corrected chi connectivity index (χ2v) is 7.43. The molecule has 26 heavy (non-hydrogen) atoms. The molecule has 0 unspecified atom stereocenters. The molecule has 4 nitrogen and oxygen atoms in total. The lowest BCUT2D eigenvalue weighted by Crippen LogP contribution is -2.12. The molecule has 4 rings (SSSR count). The monoisotopic (exact) mass is 431 g/mol. The third kappa shape index (κ3) is 3.24. The van der Waals surface area contributed by atoms with Gasteiger partial charge < -0.3 is 14.5 Å². The maximum absolute atomic E-state index is 11.3. The first-order valence-corrected chi connectivity index (χ1v) is 9.22. The number of methoxy groups -OCH3 is 1. The van der Waals surface area contributed by atoms with Gasteiger partial charge in [0, 0.05) is 33.6 Å². The van der Waals surface area contributed by atoms with Crippen LogP contribution >= 0.6 is 27.5 Å². The van der Waals surface area contributed by atoms with Crippen molar-refractivity contribution < 1.29 is 14.3 Å². The Bertz CT molecular complexity index is 1050. The van der Waals surface area contributed by atoms with Gasteiger partial charge in [-0.05, 0) is 47.0 Å². The van der Waals surface area contributed by atoms with Gasteiger partial charge in [0.05, 0.1) is 12.1 Å². The van der Waals surface area contributed by atoms with Crippen molar-refractivity contribution >= 4 is 56.1 Å². The maximum atomic E-state index is 11.3. The van der Waals surface area contributed by atoms with E-state index in [0.29, 0.717) is 10.8 Å². The van der Waals surface area contributed by atoms with Crippen LogP contribution < -0.4 is 4.74 Å². The molecule has 1 N–H and O–H groups in total. The molecule has 0 fully saturated rings. The quantitative estimate of drug-likeness (QED) is 0.574. The van der Waals surface area contributed by atoms with Gasteiger partial charge in [0.25, 0.3) is 0 Å². The number of carbonyl (C=O) groups excluding carboxylic acids is 1. The standard InChI is InChI=1S/C20H15BrClNO3/c1-25-20(24)10-26-19-9-18-14(7-16(19)22)8-17(23-18)13-4-11-2-3-15(21)6-12(11)5-13/h2-4,6-9,23H,5,10H2,1H3. The van der Waals surface area contributed by atoms with Crippen LogP contribution in [0.3, 0.4) is 0 Å². The number of aromatic amines is 1. The van der Waals surface area contributed by atoms with Crippen molar-refractivity contribution in [2.75, 3.05) is 13.7 Å². The van der Waals surface area contributed by atoms with Crippen molar-refractivity contribution in [1.29, 1.82) is 0 Å². The summed E-state index contributed by atoms with van der Waals surface area (Å²) in [5, 5.41) is 1.45. The second kappa shape index (κ2) is 6.82. The van der Waals surface area contributed by atoms with Crippen molar-refractivity contribution in [2.45, 2.75) is 6.42 Å². The highest BCUT2D eigenvalue weighted by molar-refractivity contribution is 9.10. The number of aromatic nitrogens is 1. The van der Waals surface area contributed by atoms with Crippen LogP contribution in [0.15, 0.2) is 40.9 Å². The number of allylic oxidation sites excluding steroid dienone is 1. The van der Waals surface area contributed by atoms with Crippen LogP contribution in [0, 0.1) is 0 Å². The number of esters is 1. The molecule has 0 atom stereocenters. The fourth-order valence-electron chi connectivity index (χ4n) is 3.10. The van der Waals surface area contributed by atoms with E-state index in [1.165, 1.54) is 23.8 Å². The zero-order valence-corrected chi connectivity index (χ0v) is 16.3. The van der Waals surface area contributed by atoms with E-state index < -0.39 is 5.97 Å². The van der Waals surface area contributed by atoms with E-state index in [4.69, 9.17) is 16.3 Å². The van der Waals surface area contributed by atoms with Gasteiger partial charge in [-0.15, -0.1) is 0 Å². The Morgan fingerprint density at radius 2 is 2.12 bits per heavy atom. The number of ether oxygens (including phenoxy) is 2. The molecule has 2 aromatic carbocycles. The van der Waals surface area contributed by atoms with Crippen LogP contribution in [0.4, 0.5) is 0 Å². The molecule has 1 heterocycles. The highest BCUT2D eigenvalue weighted by Gasteiger charge is 2.17. The molecule has 0 saturated carbocycles. The number of hydrogen-bond acceptors (Lipinski definition) is 3. The lowest BCUT2D eigenvalue weighted by atomic mass is 10.1. The van der Waals surface area contributed by atoms with Gasteiger partial charge in [0.15, 0.2) is 6.61 Å². The van der Waals surface area contributed by atoms with E-state index in [9.17, 15) is 4.79 Å². The van der Waals surface area contributed by atoms with E-state index in [2.05, 4.69) is 49.9 Å². The summed E-state index contributed by atoms with van der Waals surface area (Å²) in [5.41, 5.74) is 5.72. The largest absolute Gasteiger partial charge is 0.480 e. The molecule has 0 radical (unpaired) electrons. The molecule has 0 saturated heterocycles. The number of nitrogens with one attached hydrogen (secondary N) is 1. The summed E-state index contributed by atoms with van der Waals surface area (Å²) in [6.45, 7) is -0.176. The molecule has 6 heteroatoms. The molecule has 1 aliphatic carbocycles. The number of carbonyl (C=O) groups is 1. The molecular weight excluding hydrogens is 418 g/mol. The average Bonchev–Trinajstić information content (AvgIpc) is 3.22. The third-order valence-electron chi connectivity index (χ3n) is 4.41. The fourth-order valence-corrected chi connectivity index (χ4v) is 3.73. The highest BCUT2D eigenvalue weighted by Crippen LogP contribution is 2.36. The highest BCUT2D eigenvalue weighted by atomic mass is 79.9. The van der Waals surface area contributed by atoms with Gasteiger partial charge in [0.2, 0.25) is 0 Å². The minimum atomic E-state index is -0.451. The second-order valence-electron chi connectivity index (χ2n) is 6.11. The lowest BCUT2D eigenvalue weighted by Gasteiger charge is -2.06. The predicted octanol–water partition coefficient (Wildman–Crippen LogP) is 5.23. The molecule has 0 bridgehead atoms. The normalized spacial score (nSPS) is 12.8. The zero-order valence-electron chi connectivity index (χ0n) is 13.9. The van der Waals surface area contributed by atoms with Crippen LogP contribution in [-0.2, 0) is 16.0 Å². The number of fused-ring (bicyclic) bond motifs is 2. The van der Waals surface area contributed by atoms with Gasteiger partial charge in [-0.25, -0.2) is 4.79 Å². The zero-order chi connectivity index (χ0) is 18.3. The summed E-state index contributed by atoms with van der Waals surface area (Å²) in [6.07, 6.45) is 3.07. The molecule has 1 aliphatic rings. The molecule has 0 aliphatic heterocycles. The first kappa shape index (κ1) is 17.2. The number of hydrogen-bond donors (Lipinski definition) is 1. The molecule has 1 aromatic heterocycles. The van der Waals surface area contributed by atoms with E-state index in [1.54, 1.807) is 0 Å². The Labute approximate surface area is 163 Å². The Balaban J connectivity index is 1.63. The summed E-state index contributed by atoms with van der Waals surface area (Å²) in [5.74, 6) is -0.000963. The summed E-state index contributed by atoms with van der Waals surface area (Å²) < 4.78 is 11.1. The van der Waals surface area contributed by atoms with Gasteiger partial charge >= 0.3 is 5.97 Å². The van der Waals surface area contributed by atoms with Crippen LogP contribution in [0.25, 0.3) is 22.6 Å². The molecule has 0 spiro atoms. The van der Waals surface area contributed by atoms with Crippen LogP contribution in [0.2, 0.25) is 5.02 Å². The summed E-state index contributed by atoms with van der Waals surface area (Å²) in [7, 11) is 1.32. The lowest BCUT2D eigenvalue weighted by molar-refractivity contribution is -0.142. The van der Waals surface area contributed by atoms with Gasteiger partial charge in [-0.1, -0.05) is 33.6 Å². The van der Waals surface area contributed by atoms with E-state index >= 15 is 0 Å². The Morgan fingerprint density at radius 1 is 1.27 bits per heavy atom. The fraction of sp³-hybridized carbons (Fsp3) is 0.150. The molecular formula is C20H15BrClNO3. The Morgan fingerprint density at radius 3 is 2.92 bits per heavy atom. The SMILES string of the molecule is COC(=O)COc1cc2[nH]c(C3=Cc4ccc(Br)cc4C3)cc2cc1Cl. The van der Waals surface area contributed by atoms with E-state index in [0.717, 1.165) is 27.5 Å².